The molecule has 2 rings (SSSR count). The van der Waals surface area contributed by atoms with Crippen LogP contribution < -0.4 is 10.1 Å². The molecule has 0 aliphatic rings. The lowest BCUT2D eigenvalue weighted by Gasteiger charge is -2.10. The van der Waals surface area contributed by atoms with E-state index in [1.54, 1.807) is 23.5 Å². The normalized spacial score (nSPS) is 10.8. The molecule has 0 radical (unpaired) electrons. The molecule has 0 fully saturated rings. The molecule has 0 saturated carbocycles. The van der Waals surface area contributed by atoms with E-state index in [2.05, 4.69) is 27.3 Å². The largest absolute Gasteiger partial charge is 0.504 e. The van der Waals surface area contributed by atoms with Gasteiger partial charge in [0.05, 0.1) is 10.9 Å². The van der Waals surface area contributed by atoms with Crippen molar-refractivity contribution in [2.75, 3.05) is 13.7 Å². The van der Waals surface area contributed by atoms with Crippen molar-refractivity contribution in [2.45, 2.75) is 13.0 Å². The van der Waals surface area contributed by atoms with Gasteiger partial charge in [0.1, 0.15) is 0 Å². The minimum Gasteiger partial charge on any atom is -0.504 e. The number of hydrogen-bond donors (Lipinski definition) is 2. The van der Waals surface area contributed by atoms with Crippen LogP contribution in [0, 0.1) is 0 Å². The van der Waals surface area contributed by atoms with Gasteiger partial charge in [-0.1, -0.05) is 11.6 Å². The Morgan fingerprint density at radius 2 is 2.20 bits per heavy atom. The van der Waals surface area contributed by atoms with Gasteiger partial charge in [0.2, 0.25) is 0 Å². The maximum Gasteiger partial charge on any atom is 0.162 e. The summed E-state index contributed by atoms with van der Waals surface area (Å²) >= 11 is 11.2. The minimum absolute atomic E-state index is 0.142. The Balaban J connectivity index is 1.89. The van der Waals surface area contributed by atoms with Gasteiger partial charge in [0, 0.05) is 34.6 Å². The molecule has 0 unspecified atom stereocenters. The van der Waals surface area contributed by atoms with Crippen LogP contribution >= 0.6 is 38.9 Å². The number of rotatable bonds is 6. The third-order valence-electron chi connectivity index (χ3n) is 2.83. The zero-order valence-electron chi connectivity index (χ0n) is 11.0. The fourth-order valence-electron chi connectivity index (χ4n) is 1.84. The van der Waals surface area contributed by atoms with E-state index in [1.807, 2.05) is 6.07 Å². The first-order chi connectivity index (χ1) is 9.60. The van der Waals surface area contributed by atoms with Crippen molar-refractivity contribution in [3.63, 3.8) is 0 Å². The van der Waals surface area contributed by atoms with Crippen molar-refractivity contribution in [1.29, 1.82) is 0 Å². The van der Waals surface area contributed by atoms with Crippen LogP contribution in [0.5, 0.6) is 11.5 Å². The highest BCUT2D eigenvalue weighted by Gasteiger charge is 2.09. The van der Waals surface area contributed by atoms with Crippen LogP contribution in [0.3, 0.4) is 0 Å². The summed E-state index contributed by atoms with van der Waals surface area (Å²) in [5.74, 6) is 0.541. The molecule has 0 atom stereocenters. The van der Waals surface area contributed by atoms with Crippen LogP contribution in [0.15, 0.2) is 28.1 Å². The molecular weight excluding hydrogens is 362 g/mol. The van der Waals surface area contributed by atoms with Gasteiger partial charge < -0.3 is 15.2 Å². The fraction of sp³-hybridized carbons (Fsp3) is 0.286. The third kappa shape index (κ3) is 4.12. The van der Waals surface area contributed by atoms with Crippen LogP contribution in [0.4, 0.5) is 0 Å². The number of hydrogen-bond acceptors (Lipinski definition) is 4. The molecule has 20 heavy (non-hydrogen) atoms. The molecule has 3 nitrogen and oxygen atoms in total. The van der Waals surface area contributed by atoms with Crippen molar-refractivity contribution < 1.29 is 9.84 Å². The topological polar surface area (TPSA) is 41.5 Å². The highest BCUT2D eigenvalue weighted by Crippen LogP contribution is 2.33. The lowest BCUT2D eigenvalue weighted by molar-refractivity contribution is 0.369. The van der Waals surface area contributed by atoms with E-state index in [-0.39, 0.29) is 5.75 Å². The second-order valence-electron chi connectivity index (χ2n) is 4.25. The number of halogens is 2. The molecule has 0 saturated heterocycles. The van der Waals surface area contributed by atoms with Gasteiger partial charge >= 0.3 is 0 Å². The Kier molecular flexibility index (Phi) is 5.72. The molecule has 2 N–H and O–H groups in total. The molecule has 1 aromatic heterocycles. The minimum atomic E-state index is 0.142. The van der Waals surface area contributed by atoms with Gasteiger partial charge in [-0.2, -0.15) is 0 Å². The maximum atomic E-state index is 10.0. The second-order valence-corrected chi connectivity index (χ2v) is 7.23. The smallest absolute Gasteiger partial charge is 0.162 e. The lowest BCUT2D eigenvalue weighted by atomic mass is 10.2. The van der Waals surface area contributed by atoms with E-state index in [0.717, 1.165) is 22.3 Å². The number of aromatic hydroxyl groups is 1. The van der Waals surface area contributed by atoms with Gasteiger partial charge in [-0.15, -0.1) is 11.3 Å². The zero-order valence-corrected chi connectivity index (χ0v) is 14.1. The number of benzene rings is 1. The number of ether oxygens (including phenoxy) is 1. The molecular formula is C14H15BrClNO2S. The predicted octanol–water partition coefficient (Wildman–Crippen LogP) is 4.21. The fourth-order valence-corrected chi connectivity index (χ4v) is 3.55. The molecule has 1 heterocycles. The summed E-state index contributed by atoms with van der Waals surface area (Å²) in [5, 5.41) is 13.9. The maximum absolute atomic E-state index is 10.0. The van der Waals surface area contributed by atoms with E-state index in [0.29, 0.717) is 17.3 Å². The Morgan fingerprint density at radius 1 is 1.40 bits per heavy atom. The van der Waals surface area contributed by atoms with E-state index in [9.17, 15) is 5.11 Å². The summed E-state index contributed by atoms with van der Waals surface area (Å²) < 4.78 is 6.22. The van der Waals surface area contributed by atoms with Crippen molar-refractivity contribution >= 4 is 38.9 Å². The summed E-state index contributed by atoms with van der Waals surface area (Å²) in [6.45, 7) is 1.39. The van der Waals surface area contributed by atoms with Crippen molar-refractivity contribution in [3.8, 4) is 11.5 Å². The van der Waals surface area contributed by atoms with Crippen LogP contribution in [0.2, 0.25) is 5.02 Å². The highest BCUT2D eigenvalue weighted by molar-refractivity contribution is 9.11. The Bertz CT molecular complexity index is 589. The summed E-state index contributed by atoms with van der Waals surface area (Å²) in [5.41, 5.74) is 0.738. The van der Waals surface area contributed by atoms with Crippen LogP contribution in [-0.4, -0.2) is 18.8 Å². The van der Waals surface area contributed by atoms with Crippen LogP contribution in [0.25, 0.3) is 0 Å². The number of thiophene rings is 1. The summed E-state index contributed by atoms with van der Waals surface area (Å²) in [6, 6.07) is 7.50. The standard InChI is InChI=1S/C14H15BrClNO2S/c1-19-12-7-10(16)6-9(14(12)18)8-17-5-4-11-2-3-13(15)20-11/h2-3,6-7,17-18H,4-5,8H2,1H3. The first-order valence-electron chi connectivity index (χ1n) is 6.10. The van der Waals surface area contributed by atoms with Gasteiger partial charge in [0.25, 0.3) is 0 Å². The van der Waals surface area contributed by atoms with E-state index < -0.39 is 0 Å². The second kappa shape index (κ2) is 7.31. The van der Waals surface area contributed by atoms with E-state index >= 15 is 0 Å². The molecule has 0 bridgehead atoms. The third-order valence-corrected chi connectivity index (χ3v) is 4.73. The van der Waals surface area contributed by atoms with Crippen LogP contribution in [0.1, 0.15) is 10.4 Å². The molecule has 0 spiro atoms. The van der Waals surface area contributed by atoms with Crippen molar-refractivity contribution in [1.82, 2.24) is 5.32 Å². The Morgan fingerprint density at radius 3 is 2.85 bits per heavy atom. The number of nitrogens with one attached hydrogen (secondary N) is 1. The molecule has 0 amide bonds. The van der Waals surface area contributed by atoms with Gasteiger partial charge in [-0.3, -0.25) is 0 Å². The average Bonchev–Trinajstić information content (AvgIpc) is 2.83. The number of methoxy groups -OCH3 is 1. The quantitative estimate of drug-likeness (QED) is 0.742. The first-order valence-corrected chi connectivity index (χ1v) is 8.09. The molecule has 2 aromatic rings. The number of phenolic OH excluding ortho intramolecular Hbond substituents is 1. The van der Waals surface area contributed by atoms with Gasteiger partial charge in [-0.25, -0.2) is 0 Å². The SMILES string of the molecule is COc1cc(Cl)cc(CNCCc2ccc(Br)s2)c1O. The van der Waals surface area contributed by atoms with E-state index in [1.165, 1.54) is 12.0 Å². The Hall–Kier alpha value is -0.750. The first kappa shape index (κ1) is 15.6. The van der Waals surface area contributed by atoms with Crippen molar-refractivity contribution in [2.24, 2.45) is 0 Å². The Labute approximate surface area is 135 Å². The molecule has 6 heteroatoms. The van der Waals surface area contributed by atoms with E-state index in [4.69, 9.17) is 16.3 Å². The lowest BCUT2D eigenvalue weighted by Crippen LogP contribution is -2.16. The number of phenols is 1. The molecule has 1 aromatic carbocycles. The van der Waals surface area contributed by atoms with Crippen molar-refractivity contribution in [3.05, 3.63) is 43.5 Å². The molecule has 108 valence electrons. The average molecular weight is 377 g/mol. The molecule has 0 aliphatic heterocycles. The predicted molar refractivity (Wildman–Crippen MR) is 87.1 cm³/mol. The zero-order chi connectivity index (χ0) is 14.5. The van der Waals surface area contributed by atoms with Crippen LogP contribution in [-0.2, 0) is 13.0 Å². The van der Waals surface area contributed by atoms with Gasteiger partial charge in [0.15, 0.2) is 11.5 Å². The summed E-state index contributed by atoms with van der Waals surface area (Å²) in [7, 11) is 1.51. The summed E-state index contributed by atoms with van der Waals surface area (Å²) in [4.78, 5) is 1.32. The summed E-state index contributed by atoms with van der Waals surface area (Å²) in [6.07, 6.45) is 0.953. The van der Waals surface area contributed by atoms with Gasteiger partial charge in [-0.05, 0) is 40.5 Å². The molecule has 0 aliphatic carbocycles. The monoisotopic (exact) mass is 375 g/mol. The highest BCUT2D eigenvalue weighted by atomic mass is 79.9.